The summed E-state index contributed by atoms with van der Waals surface area (Å²) in [7, 11) is 0. The van der Waals surface area contributed by atoms with E-state index in [2.05, 4.69) is 31.1 Å². The van der Waals surface area contributed by atoms with Crippen molar-refractivity contribution in [2.24, 2.45) is 5.41 Å². The van der Waals surface area contributed by atoms with Gasteiger partial charge in [0.05, 0.1) is 10.7 Å². The maximum Gasteiger partial charge on any atom is 0.265 e. The summed E-state index contributed by atoms with van der Waals surface area (Å²) < 4.78 is 0. The van der Waals surface area contributed by atoms with Crippen molar-refractivity contribution in [2.45, 2.75) is 52.4 Å². The zero-order valence-electron chi connectivity index (χ0n) is 14.2. The van der Waals surface area contributed by atoms with Crippen LogP contribution in [0.4, 0.5) is 0 Å². The molecule has 1 aromatic heterocycles. The van der Waals surface area contributed by atoms with E-state index >= 15 is 0 Å². The highest BCUT2D eigenvalue weighted by Crippen LogP contribution is 2.38. The fourth-order valence-electron chi connectivity index (χ4n) is 3.47. The van der Waals surface area contributed by atoms with Crippen LogP contribution in [-0.2, 0) is 5.41 Å². The van der Waals surface area contributed by atoms with Crippen molar-refractivity contribution >= 4 is 17.2 Å². The number of amides is 1. The van der Waals surface area contributed by atoms with E-state index in [1.165, 1.54) is 6.42 Å². The van der Waals surface area contributed by atoms with Crippen molar-refractivity contribution in [3.63, 3.8) is 0 Å². The van der Waals surface area contributed by atoms with Crippen LogP contribution in [0.1, 0.15) is 60.4 Å². The molecule has 3 heterocycles. The minimum atomic E-state index is 0.00936. The summed E-state index contributed by atoms with van der Waals surface area (Å²) in [6.45, 7) is 12.5. The summed E-state index contributed by atoms with van der Waals surface area (Å²) >= 11 is 1.58. The van der Waals surface area contributed by atoms with Gasteiger partial charge in [0.25, 0.3) is 5.91 Å². The van der Waals surface area contributed by atoms with Gasteiger partial charge < -0.3 is 10.2 Å². The molecule has 1 aromatic rings. The van der Waals surface area contributed by atoms with Crippen molar-refractivity contribution in [1.29, 1.82) is 0 Å². The van der Waals surface area contributed by atoms with Gasteiger partial charge in [-0.2, -0.15) is 0 Å². The third-order valence-electron chi connectivity index (χ3n) is 5.08. The Morgan fingerprint density at radius 3 is 2.45 bits per heavy atom. The number of nitrogens with one attached hydrogen (secondary N) is 1. The van der Waals surface area contributed by atoms with E-state index in [1.54, 1.807) is 11.3 Å². The second kappa shape index (κ2) is 5.60. The van der Waals surface area contributed by atoms with E-state index in [4.69, 9.17) is 0 Å². The molecule has 2 aliphatic heterocycles. The average Bonchev–Trinajstić information content (AvgIpc) is 3.06. The predicted octanol–water partition coefficient (Wildman–Crippen LogP) is 2.96. The number of carbonyl (C=O) groups is 1. The summed E-state index contributed by atoms with van der Waals surface area (Å²) in [4.78, 5) is 20.4. The number of aryl methyl sites for hydroxylation is 1. The van der Waals surface area contributed by atoms with Crippen molar-refractivity contribution in [2.75, 3.05) is 26.2 Å². The molecule has 1 N–H and O–H groups in total. The van der Waals surface area contributed by atoms with Crippen LogP contribution in [0.2, 0.25) is 0 Å². The Morgan fingerprint density at radius 2 is 1.95 bits per heavy atom. The van der Waals surface area contributed by atoms with Crippen molar-refractivity contribution < 1.29 is 4.79 Å². The Kier molecular flexibility index (Phi) is 4.06. The van der Waals surface area contributed by atoms with Gasteiger partial charge in [-0.05, 0) is 38.1 Å². The molecular formula is C17H27N3OS. The molecule has 0 bridgehead atoms. The average molecular weight is 321 g/mol. The van der Waals surface area contributed by atoms with Crippen LogP contribution in [0.15, 0.2) is 0 Å². The molecule has 2 saturated heterocycles. The van der Waals surface area contributed by atoms with Crippen molar-refractivity contribution in [3.8, 4) is 0 Å². The highest BCUT2D eigenvalue weighted by atomic mass is 32.1. The van der Waals surface area contributed by atoms with Gasteiger partial charge in [0.2, 0.25) is 0 Å². The quantitative estimate of drug-likeness (QED) is 0.865. The molecule has 0 atom stereocenters. The molecule has 0 aromatic carbocycles. The number of thiazole rings is 1. The molecule has 1 amide bonds. The van der Waals surface area contributed by atoms with E-state index in [0.717, 1.165) is 54.6 Å². The smallest absolute Gasteiger partial charge is 0.265 e. The molecule has 1 spiro atoms. The zero-order valence-corrected chi connectivity index (χ0v) is 15.0. The second-order valence-corrected chi connectivity index (χ2v) is 8.90. The van der Waals surface area contributed by atoms with Crippen LogP contribution in [0.5, 0.6) is 0 Å². The summed E-state index contributed by atoms with van der Waals surface area (Å²) in [5.74, 6) is 0.186. The van der Waals surface area contributed by atoms with E-state index in [9.17, 15) is 4.79 Å². The lowest BCUT2D eigenvalue weighted by Gasteiger charge is -2.38. The van der Waals surface area contributed by atoms with Gasteiger partial charge in [-0.25, -0.2) is 4.98 Å². The Hall–Kier alpha value is -0.940. The Bertz CT molecular complexity index is 557. The highest BCUT2D eigenvalue weighted by Gasteiger charge is 2.38. The predicted molar refractivity (Wildman–Crippen MR) is 90.6 cm³/mol. The minimum Gasteiger partial charge on any atom is -0.338 e. The van der Waals surface area contributed by atoms with Gasteiger partial charge in [-0.1, -0.05) is 20.8 Å². The van der Waals surface area contributed by atoms with E-state index in [0.29, 0.717) is 5.41 Å². The van der Waals surface area contributed by atoms with Crippen LogP contribution in [0.3, 0.4) is 0 Å². The van der Waals surface area contributed by atoms with Crippen LogP contribution in [0, 0.1) is 12.3 Å². The molecule has 0 aliphatic carbocycles. The van der Waals surface area contributed by atoms with E-state index in [-0.39, 0.29) is 11.3 Å². The standard InChI is InChI=1S/C17H27N3OS/c1-12-13(22-15(19-12)16(2,3)4)14(21)20-9-6-17(7-10-20)5-8-18-11-17/h18H,5-11H2,1-4H3. The number of hydrogen-bond donors (Lipinski definition) is 1. The number of rotatable bonds is 1. The first-order chi connectivity index (χ1) is 10.3. The number of carbonyl (C=O) groups excluding carboxylic acids is 1. The molecule has 5 heteroatoms. The van der Waals surface area contributed by atoms with Gasteiger partial charge in [-0.3, -0.25) is 4.79 Å². The fourth-order valence-corrected chi connectivity index (χ4v) is 4.56. The summed E-state index contributed by atoms with van der Waals surface area (Å²) in [5, 5.41) is 4.53. The number of aromatic nitrogens is 1. The zero-order chi connectivity index (χ0) is 16.0. The van der Waals surface area contributed by atoms with E-state index < -0.39 is 0 Å². The van der Waals surface area contributed by atoms with Gasteiger partial charge in [0.15, 0.2) is 0 Å². The van der Waals surface area contributed by atoms with Gasteiger partial charge in [0.1, 0.15) is 4.88 Å². The largest absolute Gasteiger partial charge is 0.338 e. The molecule has 2 aliphatic rings. The molecule has 3 rings (SSSR count). The van der Waals surface area contributed by atoms with Crippen molar-refractivity contribution in [3.05, 3.63) is 15.6 Å². The fraction of sp³-hybridized carbons (Fsp3) is 0.765. The maximum atomic E-state index is 12.8. The first kappa shape index (κ1) is 15.9. The van der Waals surface area contributed by atoms with Crippen LogP contribution >= 0.6 is 11.3 Å². The van der Waals surface area contributed by atoms with Gasteiger partial charge in [-0.15, -0.1) is 11.3 Å². The lowest BCUT2D eigenvalue weighted by molar-refractivity contribution is 0.0611. The SMILES string of the molecule is Cc1nc(C(C)(C)C)sc1C(=O)N1CCC2(CCNC2)CC1. The molecule has 4 nitrogen and oxygen atoms in total. The van der Waals surface area contributed by atoms with Crippen molar-refractivity contribution in [1.82, 2.24) is 15.2 Å². The number of hydrogen-bond acceptors (Lipinski definition) is 4. The normalized spacial score (nSPS) is 21.5. The monoisotopic (exact) mass is 321 g/mol. The maximum absolute atomic E-state index is 12.8. The number of likely N-dealkylation sites (tertiary alicyclic amines) is 1. The Labute approximate surface area is 137 Å². The minimum absolute atomic E-state index is 0.00936. The van der Waals surface area contributed by atoms with Crippen LogP contribution < -0.4 is 5.32 Å². The Balaban J connectivity index is 1.71. The lowest BCUT2D eigenvalue weighted by atomic mass is 9.78. The van der Waals surface area contributed by atoms with Crippen LogP contribution in [-0.4, -0.2) is 42.0 Å². The first-order valence-corrected chi connectivity index (χ1v) is 9.10. The second-order valence-electron chi connectivity index (χ2n) is 7.90. The number of nitrogens with zero attached hydrogens (tertiary/aromatic N) is 2. The molecule has 0 unspecified atom stereocenters. The lowest BCUT2D eigenvalue weighted by Crippen LogP contribution is -2.44. The molecule has 2 fully saturated rings. The molecule has 22 heavy (non-hydrogen) atoms. The summed E-state index contributed by atoms with van der Waals surface area (Å²) in [5.41, 5.74) is 1.36. The summed E-state index contributed by atoms with van der Waals surface area (Å²) in [6.07, 6.45) is 3.54. The Morgan fingerprint density at radius 1 is 1.27 bits per heavy atom. The van der Waals surface area contributed by atoms with Crippen LogP contribution in [0.25, 0.3) is 0 Å². The molecular weight excluding hydrogens is 294 g/mol. The summed E-state index contributed by atoms with van der Waals surface area (Å²) in [6, 6.07) is 0. The molecule has 0 radical (unpaired) electrons. The topological polar surface area (TPSA) is 45.2 Å². The third kappa shape index (κ3) is 2.93. The highest BCUT2D eigenvalue weighted by molar-refractivity contribution is 7.14. The molecule has 122 valence electrons. The first-order valence-electron chi connectivity index (χ1n) is 8.29. The van der Waals surface area contributed by atoms with Gasteiger partial charge >= 0.3 is 0 Å². The molecule has 0 saturated carbocycles. The number of piperidine rings is 1. The van der Waals surface area contributed by atoms with E-state index in [1.807, 2.05) is 11.8 Å². The van der Waals surface area contributed by atoms with Gasteiger partial charge in [0, 0.05) is 25.0 Å². The third-order valence-corrected chi connectivity index (χ3v) is 6.65.